The second kappa shape index (κ2) is 8.17. The van der Waals surface area contributed by atoms with Gasteiger partial charge in [0.1, 0.15) is 18.8 Å². The maximum atomic E-state index is 11.5. The van der Waals surface area contributed by atoms with Crippen molar-refractivity contribution < 1.29 is 23.8 Å². The molecule has 0 saturated carbocycles. The van der Waals surface area contributed by atoms with Crippen molar-refractivity contribution in [2.24, 2.45) is 11.8 Å². The monoisotopic (exact) mass is 344 g/mol. The van der Waals surface area contributed by atoms with Crippen LogP contribution in [0.5, 0.6) is 0 Å². The highest BCUT2D eigenvalue weighted by molar-refractivity contribution is 5.66. The Morgan fingerprint density at radius 2 is 1.92 bits per heavy atom. The van der Waals surface area contributed by atoms with Gasteiger partial charge in [0.2, 0.25) is 0 Å². The molecule has 0 bridgehead atoms. The third-order valence-corrected chi connectivity index (χ3v) is 4.65. The molecular weight excluding hydrogens is 320 g/mol. The molecule has 0 aliphatic carbocycles. The van der Waals surface area contributed by atoms with Crippen LogP contribution in [0.3, 0.4) is 0 Å². The quantitative estimate of drug-likeness (QED) is 0.621. The molecule has 1 aromatic carbocycles. The van der Waals surface area contributed by atoms with Gasteiger partial charge in [0.05, 0.1) is 6.10 Å². The van der Waals surface area contributed by atoms with E-state index in [1.165, 1.54) is 13.8 Å². The maximum absolute atomic E-state index is 11.5. The van der Waals surface area contributed by atoms with Gasteiger partial charge in [-0.2, -0.15) is 0 Å². The molecular formula is C20H24O5. The van der Waals surface area contributed by atoms with Crippen molar-refractivity contribution >= 4 is 11.9 Å². The van der Waals surface area contributed by atoms with E-state index in [1.54, 1.807) is 0 Å². The molecule has 1 heterocycles. The van der Waals surface area contributed by atoms with Crippen molar-refractivity contribution in [1.82, 2.24) is 0 Å². The summed E-state index contributed by atoms with van der Waals surface area (Å²) in [5, 5.41) is 0. The molecule has 134 valence electrons. The molecule has 5 heteroatoms. The van der Waals surface area contributed by atoms with E-state index in [4.69, 9.17) is 20.6 Å². The number of hydrogen-bond acceptors (Lipinski definition) is 5. The Morgan fingerprint density at radius 1 is 1.20 bits per heavy atom. The zero-order valence-corrected chi connectivity index (χ0v) is 15.0. The van der Waals surface area contributed by atoms with E-state index >= 15 is 0 Å². The Bertz CT molecular complexity index is 675. The van der Waals surface area contributed by atoms with Gasteiger partial charge < -0.3 is 14.2 Å². The fraction of sp³-hybridized carbons (Fsp3) is 0.500. The largest absolute Gasteiger partial charge is 0.463 e. The zero-order valence-electron chi connectivity index (χ0n) is 15.0. The SMILES string of the molecule is C#Cc1cccc([C@H]2O[C@H](COC(C)=O)[C@@H](OC(C)=O)[C@H](C)[C@@H]2C)c1. The number of carbonyl (C=O) groups excluding carboxylic acids is 2. The molecule has 0 spiro atoms. The molecule has 1 fully saturated rings. The predicted octanol–water partition coefficient (Wildman–Crippen LogP) is 2.87. The molecule has 1 aromatic rings. The summed E-state index contributed by atoms with van der Waals surface area (Å²) in [6.07, 6.45) is 4.26. The van der Waals surface area contributed by atoms with Crippen LogP contribution in [0, 0.1) is 24.2 Å². The van der Waals surface area contributed by atoms with E-state index in [0.29, 0.717) is 0 Å². The summed E-state index contributed by atoms with van der Waals surface area (Å²) < 4.78 is 16.8. The van der Waals surface area contributed by atoms with Crippen LogP contribution in [0.15, 0.2) is 24.3 Å². The molecule has 1 aliphatic heterocycles. The summed E-state index contributed by atoms with van der Waals surface area (Å²) in [7, 11) is 0. The van der Waals surface area contributed by atoms with E-state index in [2.05, 4.69) is 12.8 Å². The van der Waals surface area contributed by atoms with Gasteiger partial charge in [0, 0.05) is 25.3 Å². The number of benzene rings is 1. The average Bonchev–Trinajstić information content (AvgIpc) is 2.58. The Morgan fingerprint density at radius 3 is 2.52 bits per heavy atom. The van der Waals surface area contributed by atoms with E-state index < -0.39 is 18.2 Å². The minimum Gasteiger partial charge on any atom is -0.463 e. The highest BCUT2D eigenvalue weighted by atomic mass is 16.6. The van der Waals surface area contributed by atoms with Crippen LogP contribution in [0.1, 0.15) is 44.9 Å². The lowest BCUT2D eigenvalue weighted by Gasteiger charge is -2.44. The fourth-order valence-corrected chi connectivity index (χ4v) is 3.20. The summed E-state index contributed by atoms with van der Waals surface area (Å²) >= 11 is 0. The Labute approximate surface area is 148 Å². The Balaban J connectivity index is 2.29. The Hall–Kier alpha value is -2.32. The van der Waals surface area contributed by atoms with Gasteiger partial charge in [-0.05, 0) is 23.6 Å². The molecule has 25 heavy (non-hydrogen) atoms. The minimum atomic E-state index is -0.529. The Kier molecular flexibility index (Phi) is 6.22. The topological polar surface area (TPSA) is 61.8 Å². The summed E-state index contributed by atoms with van der Waals surface area (Å²) in [6, 6.07) is 7.63. The second-order valence-electron chi connectivity index (χ2n) is 6.46. The first-order chi connectivity index (χ1) is 11.8. The van der Waals surface area contributed by atoms with Gasteiger partial charge >= 0.3 is 11.9 Å². The third-order valence-electron chi connectivity index (χ3n) is 4.65. The van der Waals surface area contributed by atoms with E-state index in [0.717, 1.165) is 11.1 Å². The van der Waals surface area contributed by atoms with Gasteiger partial charge in [0.15, 0.2) is 0 Å². The number of carbonyl (C=O) groups is 2. The number of terminal acetylenes is 1. The molecule has 0 aromatic heterocycles. The minimum absolute atomic E-state index is 0.0256. The molecule has 1 saturated heterocycles. The van der Waals surface area contributed by atoms with Crippen LogP contribution in [-0.4, -0.2) is 30.8 Å². The zero-order chi connectivity index (χ0) is 18.6. The van der Waals surface area contributed by atoms with E-state index in [-0.39, 0.29) is 30.5 Å². The first kappa shape index (κ1) is 19.0. The number of ether oxygens (including phenoxy) is 3. The summed E-state index contributed by atoms with van der Waals surface area (Å²) in [6.45, 7) is 6.80. The van der Waals surface area contributed by atoms with E-state index in [1.807, 2.05) is 31.2 Å². The van der Waals surface area contributed by atoms with Crippen LogP contribution in [-0.2, 0) is 23.8 Å². The van der Waals surface area contributed by atoms with Crippen LogP contribution in [0.4, 0.5) is 0 Å². The average molecular weight is 344 g/mol. The fourth-order valence-electron chi connectivity index (χ4n) is 3.20. The van der Waals surface area contributed by atoms with Gasteiger partial charge in [-0.3, -0.25) is 9.59 Å². The van der Waals surface area contributed by atoms with E-state index in [9.17, 15) is 9.59 Å². The maximum Gasteiger partial charge on any atom is 0.303 e. The van der Waals surface area contributed by atoms with Crippen molar-refractivity contribution in [2.75, 3.05) is 6.61 Å². The summed E-state index contributed by atoms with van der Waals surface area (Å²) in [5.74, 6) is 1.96. The van der Waals surface area contributed by atoms with Crippen LogP contribution < -0.4 is 0 Å². The molecule has 2 rings (SSSR count). The summed E-state index contributed by atoms with van der Waals surface area (Å²) in [5.41, 5.74) is 1.74. The molecule has 5 atom stereocenters. The summed E-state index contributed by atoms with van der Waals surface area (Å²) in [4.78, 5) is 22.7. The van der Waals surface area contributed by atoms with Crippen molar-refractivity contribution in [1.29, 1.82) is 0 Å². The van der Waals surface area contributed by atoms with Crippen molar-refractivity contribution in [3.8, 4) is 12.3 Å². The normalized spacial score (nSPS) is 28.7. The number of esters is 2. The van der Waals surface area contributed by atoms with Crippen molar-refractivity contribution in [3.63, 3.8) is 0 Å². The standard InChI is InChI=1S/C20H24O5/c1-6-16-8-7-9-17(10-16)19-12(2)13(3)20(24-15(5)22)18(25-19)11-23-14(4)21/h1,7-10,12-13,18-20H,11H2,2-5H3/t12-,13+,18+,19-,20-/m0/s1. The highest BCUT2D eigenvalue weighted by Gasteiger charge is 2.44. The molecule has 0 radical (unpaired) electrons. The first-order valence-corrected chi connectivity index (χ1v) is 8.36. The van der Waals surface area contributed by atoms with Crippen molar-refractivity contribution in [3.05, 3.63) is 35.4 Å². The molecule has 0 N–H and O–H groups in total. The van der Waals surface area contributed by atoms with Crippen molar-refractivity contribution in [2.45, 2.75) is 46.0 Å². The van der Waals surface area contributed by atoms with Crippen LogP contribution in [0.25, 0.3) is 0 Å². The van der Waals surface area contributed by atoms with Crippen LogP contribution in [0.2, 0.25) is 0 Å². The predicted molar refractivity (Wildman–Crippen MR) is 92.5 cm³/mol. The number of hydrogen-bond donors (Lipinski definition) is 0. The lowest BCUT2D eigenvalue weighted by molar-refractivity contribution is -0.207. The van der Waals surface area contributed by atoms with Crippen LogP contribution >= 0.6 is 0 Å². The molecule has 0 unspecified atom stereocenters. The molecule has 1 aliphatic rings. The lowest BCUT2D eigenvalue weighted by atomic mass is 9.79. The second-order valence-corrected chi connectivity index (χ2v) is 6.46. The smallest absolute Gasteiger partial charge is 0.303 e. The third kappa shape index (κ3) is 4.61. The highest BCUT2D eigenvalue weighted by Crippen LogP contribution is 2.41. The van der Waals surface area contributed by atoms with Gasteiger partial charge in [-0.15, -0.1) is 6.42 Å². The molecule has 0 amide bonds. The van der Waals surface area contributed by atoms with Gasteiger partial charge in [-0.1, -0.05) is 31.9 Å². The lowest BCUT2D eigenvalue weighted by Crippen LogP contribution is -2.50. The van der Waals surface area contributed by atoms with Gasteiger partial charge in [-0.25, -0.2) is 0 Å². The number of rotatable bonds is 4. The molecule has 5 nitrogen and oxygen atoms in total. The van der Waals surface area contributed by atoms with Gasteiger partial charge in [0.25, 0.3) is 0 Å². The first-order valence-electron chi connectivity index (χ1n) is 8.36.